The summed E-state index contributed by atoms with van der Waals surface area (Å²) in [4.78, 5) is 15.7. The summed E-state index contributed by atoms with van der Waals surface area (Å²) >= 11 is 0. The van der Waals surface area contributed by atoms with Crippen molar-refractivity contribution in [3.8, 4) is 0 Å². The summed E-state index contributed by atoms with van der Waals surface area (Å²) in [6.07, 6.45) is 3.84. The van der Waals surface area contributed by atoms with Crippen molar-refractivity contribution in [2.45, 2.75) is 58.2 Å². The molecule has 152 valence electrons. The van der Waals surface area contributed by atoms with E-state index in [9.17, 15) is 4.79 Å². The standard InChI is InChI=1S/C18H36N4O4/c1-18(2,3)26-17(23)22-10-6-9-20-16(19-4)21-11-7-12-24-14-15-8-5-13-25-15/h15H,5-14H2,1-4H3,(H,22,23)(H2,19,20,21). The Balaban J connectivity index is 1.95. The monoisotopic (exact) mass is 372 g/mol. The van der Waals surface area contributed by atoms with Crippen LogP contribution in [0.4, 0.5) is 4.79 Å². The van der Waals surface area contributed by atoms with Crippen LogP contribution in [0.2, 0.25) is 0 Å². The molecule has 1 aliphatic heterocycles. The number of nitrogens with one attached hydrogen (secondary N) is 3. The molecule has 1 rings (SSSR count). The summed E-state index contributed by atoms with van der Waals surface area (Å²) in [7, 11) is 1.74. The Morgan fingerprint density at radius 1 is 1.15 bits per heavy atom. The molecule has 26 heavy (non-hydrogen) atoms. The molecule has 0 aliphatic carbocycles. The number of carbonyl (C=O) groups is 1. The summed E-state index contributed by atoms with van der Waals surface area (Å²) < 4.78 is 16.3. The smallest absolute Gasteiger partial charge is 0.407 e. The fourth-order valence-electron chi connectivity index (χ4n) is 2.39. The maximum absolute atomic E-state index is 11.5. The summed E-state index contributed by atoms with van der Waals surface area (Å²) in [6.45, 7) is 9.86. The zero-order valence-corrected chi connectivity index (χ0v) is 16.7. The minimum Gasteiger partial charge on any atom is -0.444 e. The molecular formula is C18H36N4O4. The van der Waals surface area contributed by atoms with Crippen LogP contribution >= 0.6 is 0 Å². The first-order valence-corrected chi connectivity index (χ1v) is 9.51. The lowest BCUT2D eigenvalue weighted by molar-refractivity contribution is 0.0168. The number of aliphatic imine (C=N–C) groups is 1. The predicted octanol–water partition coefficient (Wildman–Crippen LogP) is 1.65. The van der Waals surface area contributed by atoms with Crippen molar-refractivity contribution in [2.75, 3.05) is 46.5 Å². The van der Waals surface area contributed by atoms with Crippen molar-refractivity contribution < 1.29 is 19.0 Å². The summed E-state index contributed by atoms with van der Waals surface area (Å²) in [5, 5.41) is 9.19. The van der Waals surface area contributed by atoms with Gasteiger partial charge in [-0.2, -0.15) is 0 Å². The lowest BCUT2D eigenvalue weighted by Crippen LogP contribution is -2.39. The number of alkyl carbamates (subject to hydrolysis) is 1. The predicted molar refractivity (Wildman–Crippen MR) is 103 cm³/mol. The first kappa shape index (κ1) is 22.5. The van der Waals surface area contributed by atoms with Gasteiger partial charge in [0.1, 0.15) is 5.60 Å². The molecule has 0 bridgehead atoms. The van der Waals surface area contributed by atoms with Crippen LogP contribution in [0.1, 0.15) is 46.5 Å². The van der Waals surface area contributed by atoms with Crippen LogP contribution in [-0.2, 0) is 14.2 Å². The van der Waals surface area contributed by atoms with Crippen LogP contribution in [0.5, 0.6) is 0 Å². The first-order chi connectivity index (χ1) is 12.4. The minimum atomic E-state index is -0.470. The Hall–Kier alpha value is -1.54. The number of rotatable bonds is 10. The van der Waals surface area contributed by atoms with E-state index in [1.807, 2.05) is 20.8 Å². The molecule has 1 amide bonds. The van der Waals surface area contributed by atoms with E-state index in [-0.39, 0.29) is 12.2 Å². The number of amides is 1. The van der Waals surface area contributed by atoms with Gasteiger partial charge in [0.15, 0.2) is 5.96 Å². The molecule has 0 radical (unpaired) electrons. The third-order valence-electron chi connectivity index (χ3n) is 3.62. The Kier molecular flexibility index (Phi) is 11.0. The van der Waals surface area contributed by atoms with E-state index in [4.69, 9.17) is 14.2 Å². The highest BCUT2D eigenvalue weighted by atomic mass is 16.6. The fraction of sp³-hybridized carbons (Fsp3) is 0.889. The van der Waals surface area contributed by atoms with E-state index in [2.05, 4.69) is 20.9 Å². The highest BCUT2D eigenvalue weighted by molar-refractivity contribution is 5.79. The molecule has 1 aliphatic rings. The van der Waals surface area contributed by atoms with Gasteiger partial charge in [0.05, 0.1) is 12.7 Å². The Bertz CT molecular complexity index is 418. The third kappa shape index (κ3) is 11.9. The molecule has 1 fully saturated rings. The largest absolute Gasteiger partial charge is 0.444 e. The van der Waals surface area contributed by atoms with Crippen LogP contribution in [0, 0.1) is 0 Å². The second-order valence-electron chi connectivity index (χ2n) is 7.27. The summed E-state index contributed by atoms with van der Waals surface area (Å²) in [6, 6.07) is 0. The molecule has 0 aromatic rings. The third-order valence-corrected chi connectivity index (χ3v) is 3.62. The molecule has 0 aromatic heterocycles. The van der Waals surface area contributed by atoms with Crippen molar-refractivity contribution >= 4 is 12.1 Å². The lowest BCUT2D eigenvalue weighted by atomic mass is 10.2. The van der Waals surface area contributed by atoms with Gasteiger partial charge in [-0.05, 0) is 46.5 Å². The second kappa shape index (κ2) is 12.8. The van der Waals surface area contributed by atoms with Crippen LogP contribution in [0.15, 0.2) is 4.99 Å². The Morgan fingerprint density at radius 3 is 2.46 bits per heavy atom. The van der Waals surface area contributed by atoms with Crippen molar-refractivity contribution in [1.82, 2.24) is 16.0 Å². The van der Waals surface area contributed by atoms with Gasteiger partial charge in [0.25, 0.3) is 0 Å². The molecule has 1 atom stereocenters. The normalized spacial score (nSPS) is 17.8. The maximum atomic E-state index is 11.5. The summed E-state index contributed by atoms with van der Waals surface area (Å²) in [5.41, 5.74) is -0.470. The molecule has 1 saturated heterocycles. The van der Waals surface area contributed by atoms with E-state index in [0.29, 0.717) is 26.3 Å². The molecular weight excluding hydrogens is 336 g/mol. The maximum Gasteiger partial charge on any atom is 0.407 e. The van der Waals surface area contributed by atoms with Crippen molar-refractivity contribution in [3.05, 3.63) is 0 Å². The molecule has 0 spiro atoms. The molecule has 1 unspecified atom stereocenters. The quantitative estimate of drug-likeness (QED) is 0.307. The van der Waals surface area contributed by atoms with Crippen LogP contribution in [0.3, 0.4) is 0 Å². The van der Waals surface area contributed by atoms with Gasteiger partial charge >= 0.3 is 6.09 Å². The first-order valence-electron chi connectivity index (χ1n) is 9.51. The molecule has 0 aromatic carbocycles. The fourth-order valence-corrected chi connectivity index (χ4v) is 2.39. The van der Waals surface area contributed by atoms with Gasteiger partial charge in [-0.1, -0.05) is 0 Å². The van der Waals surface area contributed by atoms with Crippen LogP contribution in [0.25, 0.3) is 0 Å². The van der Waals surface area contributed by atoms with Gasteiger partial charge in [-0.15, -0.1) is 0 Å². The van der Waals surface area contributed by atoms with E-state index < -0.39 is 5.60 Å². The average Bonchev–Trinajstić information content (AvgIpc) is 3.07. The lowest BCUT2D eigenvalue weighted by Gasteiger charge is -2.19. The highest BCUT2D eigenvalue weighted by Gasteiger charge is 2.15. The zero-order valence-electron chi connectivity index (χ0n) is 16.7. The number of carbonyl (C=O) groups excluding carboxylic acids is 1. The van der Waals surface area contributed by atoms with Crippen LogP contribution < -0.4 is 16.0 Å². The molecule has 0 saturated carbocycles. The number of hydrogen-bond donors (Lipinski definition) is 3. The molecule has 8 heteroatoms. The van der Waals surface area contributed by atoms with Gasteiger partial charge in [0.2, 0.25) is 0 Å². The van der Waals surface area contributed by atoms with Crippen LogP contribution in [-0.4, -0.2) is 70.3 Å². The zero-order chi connectivity index (χ0) is 19.3. The number of nitrogens with zero attached hydrogens (tertiary/aromatic N) is 1. The van der Waals surface area contributed by atoms with Gasteiger partial charge < -0.3 is 30.2 Å². The number of ether oxygens (including phenoxy) is 3. The highest BCUT2D eigenvalue weighted by Crippen LogP contribution is 2.11. The van der Waals surface area contributed by atoms with E-state index in [1.165, 1.54) is 0 Å². The van der Waals surface area contributed by atoms with Crippen molar-refractivity contribution in [3.63, 3.8) is 0 Å². The van der Waals surface area contributed by atoms with Gasteiger partial charge in [-0.25, -0.2) is 4.79 Å². The Labute approximate surface area is 157 Å². The van der Waals surface area contributed by atoms with Crippen molar-refractivity contribution in [1.29, 1.82) is 0 Å². The van der Waals surface area contributed by atoms with Gasteiger partial charge in [-0.3, -0.25) is 4.99 Å². The van der Waals surface area contributed by atoms with E-state index in [0.717, 1.165) is 44.8 Å². The van der Waals surface area contributed by atoms with Gasteiger partial charge in [0, 0.05) is 39.9 Å². The number of hydrogen-bond acceptors (Lipinski definition) is 5. The molecule has 1 heterocycles. The summed E-state index contributed by atoms with van der Waals surface area (Å²) in [5.74, 6) is 0.751. The Morgan fingerprint density at radius 2 is 1.85 bits per heavy atom. The average molecular weight is 373 g/mol. The molecule has 3 N–H and O–H groups in total. The number of guanidine groups is 1. The minimum absolute atomic E-state index is 0.284. The SMILES string of the molecule is CN=C(NCCCNC(=O)OC(C)(C)C)NCCCOCC1CCCO1. The molecule has 8 nitrogen and oxygen atoms in total. The topological polar surface area (TPSA) is 93.2 Å². The second-order valence-corrected chi connectivity index (χ2v) is 7.27. The van der Waals surface area contributed by atoms with E-state index >= 15 is 0 Å². The van der Waals surface area contributed by atoms with E-state index in [1.54, 1.807) is 7.05 Å². The van der Waals surface area contributed by atoms with Crippen molar-refractivity contribution in [2.24, 2.45) is 4.99 Å².